The summed E-state index contributed by atoms with van der Waals surface area (Å²) in [4.78, 5) is 52.2. The summed E-state index contributed by atoms with van der Waals surface area (Å²) in [6.07, 6.45) is 3.38. The largest absolute Gasteiger partial charge is 0.376 e. The Kier molecular flexibility index (Phi) is 6.41. The van der Waals surface area contributed by atoms with Gasteiger partial charge in [0.1, 0.15) is 5.82 Å². The molecule has 2 aromatic heterocycles. The first-order valence-corrected chi connectivity index (χ1v) is 11.8. The molecule has 0 spiro atoms. The van der Waals surface area contributed by atoms with Gasteiger partial charge >= 0.3 is 0 Å². The van der Waals surface area contributed by atoms with Gasteiger partial charge in [0.25, 0.3) is 11.1 Å². The number of benzene rings is 2. The zero-order chi connectivity index (χ0) is 24.4. The molecule has 35 heavy (non-hydrogen) atoms. The lowest BCUT2D eigenvalue weighted by molar-refractivity contribution is -0.133. The molecule has 1 saturated heterocycles. The highest BCUT2D eigenvalue weighted by atomic mass is 16.5. The first kappa shape index (κ1) is 22.9. The summed E-state index contributed by atoms with van der Waals surface area (Å²) in [7, 11) is 0. The summed E-state index contributed by atoms with van der Waals surface area (Å²) in [6, 6.07) is 12.6. The van der Waals surface area contributed by atoms with E-state index in [1.807, 2.05) is 25.1 Å². The topological polar surface area (TPSA) is 110 Å². The molecule has 1 aliphatic heterocycles. The van der Waals surface area contributed by atoms with Gasteiger partial charge in [-0.15, -0.1) is 0 Å². The molecule has 1 atom stereocenters. The Balaban J connectivity index is 1.37. The molecule has 1 N–H and O–H groups in total. The van der Waals surface area contributed by atoms with E-state index in [1.54, 1.807) is 29.2 Å². The second-order valence-corrected chi connectivity index (χ2v) is 8.90. The van der Waals surface area contributed by atoms with Gasteiger partial charge in [-0.05, 0) is 43.5 Å². The minimum atomic E-state index is -0.237. The van der Waals surface area contributed by atoms with Crippen LogP contribution >= 0.6 is 0 Å². The third-order valence-corrected chi connectivity index (χ3v) is 6.43. The molecule has 0 aliphatic carbocycles. The fourth-order valence-electron chi connectivity index (χ4n) is 4.55. The van der Waals surface area contributed by atoms with Gasteiger partial charge in [-0.25, -0.2) is 9.97 Å². The number of rotatable bonds is 7. The van der Waals surface area contributed by atoms with E-state index in [0.29, 0.717) is 40.8 Å². The van der Waals surface area contributed by atoms with Crippen LogP contribution in [0.25, 0.3) is 21.8 Å². The number of carbonyl (C=O) groups is 1. The highest BCUT2D eigenvalue weighted by Gasteiger charge is 2.24. The number of hydrogen-bond donors (Lipinski definition) is 1. The molecule has 5 rings (SSSR count). The molecule has 0 unspecified atom stereocenters. The average molecular weight is 474 g/mol. The van der Waals surface area contributed by atoms with Crippen molar-refractivity contribution in [3.8, 4) is 0 Å². The molecule has 9 heteroatoms. The molecule has 180 valence electrons. The van der Waals surface area contributed by atoms with Crippen LogP contribution in [0.15, 0.2) is 58.4 Å². The standard InChI is InChI=1S/C26H27N5O4/c1-17-6-4-9-20-24(17)27-16-30(26(20)34)12-11-23(32)31(14-18-7-5-13-35-18)15-22-28-21-10-3-2-8-19(21)25(33)29-22/h2-4,6,8-10,16,18H,5,7,11-15H2,1H3,(H,28,29,33)/t18-/m0/s1. The number of aromatic nitrogens is 4. The van der Waals surface area contributed by atoms with Crippen LogP contribution < -0.4 is 11.1 Å². The minimum absolute atomic E-state index is 0.0563. The molecule has 4 aromatic rings. The maximum atomic E-state index is 13.3. The fraction of sp³-hybridized carbons (Fsp3) is 0.346. The van der Waals surface area contributed by atoms with Crippen LogP contribution in [-0.2, 0) is 22.6 Å². The third kappa shape index (κ3) is 4.85. The summed E-state index contributed by atoms with van der Waals surface area (Å²) in [5.41, 5.74) is 1.78. The van der Waals surface area contributed by atoms with Gasteiger partial charge in [-0.3, -0.25) is 19.0 Å². The van der Waals surface area contributed by atoms with Crippen molar-refractivity contribution in [3.05, 3.63) is 80.9 Å². The van der Waals surface area contributed by atoms with Crippen molar-refractivity contribution < 1.29 is 9.53 Å². The van der Waals surface area contributed by atoms with Gasteiger partial charge in [0.05, 0.1) is 40.8 Å². The SMILES string of the molecule is Cc1cccc2c(=O)n(CCC(=O)N(Cc3nc4ccccc4c(=O)[nH]3)C[C@@H]3CCCO3)cnc12. The monoisotopic (exact) mass is 473 g/mol. The quantitative estimate of drug-likeness (QED) is 0.442. The van der Waals surface area contributed by atoms with Crippen LogP contribution in [0.2, 0.25) is 0 Å². The minimum Gasteiger partial charge on any atom is -0.376 e. The van der Waals surface area contributed by atoms with E-state index < -0.39 is 0 Å². The zero-order valence-electron chi connectivity index (χ0n) is 19.6. The van der Waals surface area contributed by atoms with Gasteiger partial charge in [-0.2, -0.15) is 0 Å². The van der Waals surface area contributed by atoms with Crippen LogP contribution in [0.1, 0.15) is 30.7 Å². The lowest BCUT2D eigenvalue weighted by Crippen LogP contribution is -2.38. The molecule has 0 bridgehead atoms. The molecule has 0 saturated carbocycles. The third-order valence-electron chi connectivity index (χ3n) is 6.43. The summed E-state index contributed by atoms with van der Waals surface area (Å²) < 4.78 is 7.23. The predicted octanol–water partition coefficient (Wildman–Crippen LogP) is 2.54. The smallest absolute Gasteiger partial charge is 0.261 e. The van der Waals surface area contributed by atoms with Crippen LogP contribution in [0, 0.1) is 6.92 Å². The Morgan fingerprint density at radius 3 is 2.83 bits per heavy atom. The highest BCUT2D eigenvalue weighted by Crippen LogP contribution is 2.16. The van der Waals surface area contributed by atoms with Crippen molar-refractivity contribution in [1.29, 1.82) is 0 Å². The van der Waals surface area contributed by atoms with E-state index in [1.165, 1.54) is 10.9 Å². The van der Waals surface area contributed by atoms with Crippen molar-refractivity contribution >= 4 is 27.7 Å². The number of aromatic amines is 1. The number of hydrogen-bond acceptors (Lipinski definition) is 6. The molecule has 9 nitrogen and oxygen atoms in total. The van der Waals surface area contributed by atoms with E-state index in [-0.39, 0.29) is 42.6 Å². The normalized spacial score (nSPS) is 15.6. The molecular weight excluding hydrogens is 446 g/mol. The Hall–Kier alpha value is -3.85. The van der Waals surface area contributed by atoms with Crippen LogP contribution in [0.3, 0.4) is 0 Å². The summed E-state index contributed by atoms with van der Waals surface area (Å²) in [5.74, 6) is 0.271. The maximum absolute atomic E-state index is 13.3. The number of aryl methyl sites for hydroxylation is 2. The molecule has 1 fully saturated rings. The molecule has 1 aliphatic rings. The summed E-state index contributed by atoms with van der Waals surface area (Å²) >= 11 is 0. The Labute approximate surface area is 201 Å². The number of ether oxygens (including phenoxy) is 1. The highest BCUT2D eigenvalue weighted by molar-refractivity contribution is 5.80. The van der Waals surface area contributed by atoms with Crippen molar-refractivity contribution in [2.45, 2.75) is 45.4 Å². The molecule has 0 radical (unpaired) electrons. The van der Waals surface area contributed by atoms with E-state index in [0.717, 1.165) is 18.4 Å². The van der Waals surface area contributed by atoms with E-state index >= 15 is 0 Å². The second-order valence-electron chi connectivity index (χ2n) is 8.90. The first-order chi connectivity index (χ1) is 17.0. The summed E-state index contributed by atoms with van der Waals surface area (Å²) in [5, 5.41) is 1.04. The van der Waals surface area contributed by atoms with Crippen molar-refractivity contribution in [1.82, 2.24) is 24.4 Å². The van der Waals surface area contributed by atoms with Crippen molar-refractivity contribution in [2.24, 2.45) is 0 Å². The molecule has 3 heterocycles. The van der Waals surface area contributed by atoms with Crippen LogP contribution in [0.5, 0.6) is 0 Å². The number of amides is 1. The number of carbonyl (C=O) groups excluding carboxylic acids is 1. The van der Waals surface area contributed by atoms with Gasteiger partial charge in [0.2, 0.25) is 5.91 Å². The molecule has 1 amide bonds. The zero-order valence-corrected chi connectivity index (χ0v) is 19.6. The van der Waals surface area contributed by atoms with E-state index in [4.69, 9.17) is 4.74 Å². The summed E-state index contributed by atoms with van der Waals surface area (Å²) in [6.45, 7) is 3.35. The van der Waals surface area contributed by atoms with E-state index in [9.17, 15) is 14.4 Å². The number of para-hydroxylation sites is 2. The van der Waals surface area contributed by atoms with Crippen LogP contribution in [-0.4, -0.2) is 49.6 Å². The Morgan fingerprint density at radius 1 is 1.17 bits per heavy atom. The van der Waals surface area contributed by atoms with Gasteiger partial charge in [0.15, 0.2) is 0 Å². The number of fused-ring (bicyclic) bond motifs is 2. The molecular formula is C26H27N5O4. The van der Waals surface area contributed by atoms with Crippen LogP contribution in [0.4, 0.5) is 0 Å². The van der Waals surface area contributed by atoms with Crippen molar-refractivity contribution in [2.75, 3.05) is 13.2 Å². The lowest BCUT2D eigenvalue weighted by Gasteiger charge is -2.25. The maximum Gasteiger partial charge on any atom is 0.261 e. The lowest BCUT2D eigenvalue weighted by atomic mass is 10.1. The van der Waals surface area contributed by atoms with Gasteiger partial charge in [-0.1, -0.05) is 24.3 Å². The van der Waals surface area contributed by atoms with E-state index in [2.05, 4.69) is 15.0 Å². The fourth-order valence-corrected chi connectivity index (χ4v) is 4.55. The second kappa shape index (κ2) is 9.79. The number of nitrogens with one attached hydrogen (secondary N) is 1. The van der Waals surface area contributed by atoms with Gasteiger partial charge in [0, 0.05) is 26.1 Å². The number of H-pyrrole nitrogens is 1. The first-order valence-electron chi connectivity index (χ1n) is 11.8. The predicted molar refractivity (Wildman–Crippen MR) is 132 cm³/mol. The van der Waals surface area contributed by atoms with Crippen molar-refractivity contribution in [3.63, 3.8) is 0 Å². The Morgan fingerprint density at radius 2 is 2.00 bits per heavy atom. The number of nitrogens with zero attached hydrogens (tertiary/aromatic N) is 4. The van der Waals surface area contributed by atoms with Gasteiger partial charge < -0.3 is 14.6 Å². The Bertz CT molecular complexity index is 1500. The molecule has 2 aromatic carbocycles. The average Bonchev–Trinajstić information content (AvgIpc) is 3.37.